The summed E-state index contributed by atoms with van der Waals surface area (Å²) in [4.78, 5) is 2.47. The van der Waals surface area contributed by atoms with E-state index < -0.39 is 0 Å². The van der Waals surface area contributed by atoms with Crippen LogP contribution >= 0.6 is 0 Å². The third kappa shape index (κ3) is 2.77. The molecule has 3 heteroatoms. The van der Waals surface area contributed by atoms with E-state index in [4.69, 9.17) is 4.74 Å². The van der Waals surface area contributed by atoms with Crippen molar-refractivity contribution in [2.75, 3.05) is 20.2 Å². The van der Waals surface area contributed by atoms with Gasteiger partial charge < -0.3 is 10.1 Å². The Morgan fingerprint density at radius 2 is 2.26 bits per heavy atom. The van der Waals surface area contributed by atoms with Gasteiger partial charge >= 0.3 is 0 Å². The molecule has 0 radical (unpaired) electrons. The Bertz CT molecular complexity index is 470. The van der Waals surface area contributed by atoms with Crippen LogP contribution in [0, 0.1) is 0 Å². The van der Waals surface area contributed by atoms with E-state index in [9.17, 15) is 0 Å². The van der Waals surface area contributed by atoms with Crippen molar-refractivity contribution in [2.24, 2.45) is 0 Å². The lowest BCUT2D eigenvalue weighted by molar-refractivity contribution is 0.240. The van der Waals surface area contributed by atoms with Crippen LogP contribution in [-0.2, 0) is 13.0 Å². The zero-order valence-electron chi connectivity index (χ0n) is 12.2. The van der Waals surface area contributed by atoms with Gasteiger partial charge in [-0.3, -0.25) is 4.90 Å². The highest BCUT2D eigenvalue weighted by Gasteiger charge is 2.32. The average Bonchev–Trinajstić information content (AvgIpc) is 2.94. The lowest BCUT2D eigenvalue weighted by Gasteiger charge is -2.25. The summed E-state index contributed by atoms with van der Waals surface area (Å²) >= 11 is 0. The minimum Gasteiger partial charge on any atom is -0.493 e. The maximum Gasteiger partial charge on any atom is 0.122 e. The Morgan fingerprint density at radius 3 is 3.00 bits per heavy atom. The second kappa shape index (κ2) is 4.80. The maximum atomic E-state index is 5.56. The molecule has 0 aliphatic carbocycles. The van der Waals surface area contributed by atoms with Crippen molar-refractivity contribution in [1.29, 1.82) is 0 Å². The van der Waals surface area contributed by atoms with Crippen molar-refractivity contribution < 1.29 is 4.74 Å². The first-order valence-corrected chi connectivity index (χ1v) is 7.23. The van der Waals surface area contributed by atoms with Gasteiger partial charge in [0.2, 0.25) is 0 Å². The minimum atomic E-state index is 0.282. The van der Waals surface area contributed by atoms with Crippen molar-refractivity contribution in [2.45, 2.75) is 44.8 Å². The van der Waals surface area contributed by atoms with E-state index in [-0.39, 0.29) is 5.54 Å². The van der Waals surface area contributed by atoms with E-state index in [1.54, 1.807) is 0 Å². The van der Waals surface area contributed by atoms with E-state index in [0.717, 1.165) is 31.9 Å². The summed E-state index contributed by atoms with van der Waals surface area (Å²) in [5, 5.41) is 3.59. The van der Waals surface area contributed by atoms with Crippen LogP contribution in [0.4, 0.5) is 0 Å². The quantitative estimate of drug-likeness (QED) is 0.901. The number of nitrogens with one attached hydrogen (secondary N) is 1. The monoisotopic (exact) mass is 260 g/mol. The fourth-order valence-electron chi connectivity index (χ4n) is 3.19. The zero-order valence-corrected chi connectivity index (χ0v) is 12.2. The largest absolute Gasteiger partial charge is 0.493 e. The highest BCUT2D eigenvalue weighted by molar-refractivity contribution is 5.39. The van der Waals surface area contributed by atoms with Crippen molar-refractivity contribution in [3.63, 3.8) is 0 Å². The highest BCUT2D eigenvalue weighted by Crippen LogP contribution is 2.27. The number of hydrogen-bond donors (Lipinski definition) is 1. The van der Waals surface area contributed by atoms with Gasteiger partial charge in [-0.15, -0.1) is 0 Å². The molecular weight excluding hydrogens is 236 g/mol. The van der Waals surface area contributed by atoms with Gasteiger partial charge in [0.05, 0.1) is 6.61 Å². The summed E-state index contributed by atoms with van der Waals surface area (Å²) in [5.74, 6) is 1.08. The molecule has 1 unspecified atom stereocenters. The first-order chi connectivity index (χ1) is 9.03. The lowest BCUT2D eigenvalue weighted by Crippen LogP contribution is -2.32. The van der Waals surface area contributed by atoms with Gasteiger partial charge in [0.25, 0.3) is 0 Å². The molecule has 1 aromatic carbocycles. The van der Waals surface area contributed by atoms with Crippen LogP contribution in [0.3, 0.4) is 0 Å². The molecule has 104 valence electrons. The van der Waals surface area contributed by atoms with Gasteiger partial charge in [-0.2, -0.15) is 0 Å². The number of rotatable bonds is 3. The van der Waals surface area contributed by atoms with Gasteiger partial charge in [-0.05, 0) is 44.5 Å². The van der Waals surface area contributed by atoms with Crippen molar-refractivity contribution >= 4 is 0 Å². The fourth-order valence-corrected chi connectivity index (χ4v) is 3.19. The Kier molecular flexibility index (Phi) is 3.27. The molecular formula is C16H24N2O. The van der Waals surface area contributed by atoms with E-state index in [1.807, 2.05) is 0 Å². The van der Waals surface area contributed by atoms with E-state index in [2.05, 4.69) is 49.3 Å². The highest BCUT2D eigenvalue weighted by atomic mass is 16.5. The van der Waals surface area contributed by atoms with Crippen LogP contribution in [-0.4, -0.2) is 36.7 Å². The first kappa shape index (κ1) is 12.9. The van der Waals surface area contributed by atoms with Crippen molar-refractivity contribution in [3.05, 3.63) is 29.3 Å². The summed E-state index contributed by atoms with van der Waals surface area (Å²) in [7, 11) is 2.23. The molecule has 0 bridgehead atoms. The molecule has 0 aromatic heterocycles. The molecule has 2 heterocycles. The van der Waals surface area contributed by atoms with Gasteiger partial charge in [-0.25, -0.2) is 0 Å². The van der Waals surface area contributed by atoms with Gasteiger partial charge in [-0.1, -0.05) is 12.1 Å². The van der Waals surface area contributed by atoms with Crippen LogP contribution in [0.15, 0.2) is 18.2 Å². The van der Waals surface area contributed by atoms with Gasteiger partial charge in [0.15, 0.2) is 0 Å². The Balaban J connectivity index is 1.65. The number of benzene rings is 1. The Morgan fingerprint density at radius 1 is 1.42 bits per heavy atom. The second-order valence-electron chi connectivity index (χ2n) is 6.58. The predicted octanol–water partition coefficient (Wildman–Crippen LogP) is 2.19. The molecule has 1 aromatic rings. The molecule has 0 spiro atoms. The molecule has 0 saturated carbocycles. The second-order valence-corrected chi connectivity index (χ2v) is 6.58. The summed E-state index contributed by atoms with van der Waals surface area (Å²) in [5.41, 5.74) is 3.05. The van der Waals surface area contributed by atoms with Crippen LogP contribution in [0.25, 0.3) is 0 Å². The number of hydrogen-bond acceptors (Lipinski definition) is 3. The number of fused-ring (bicyclic) bond motifs is 1. The standard InChI is InChI=1S/C16H24N2O/c1-16(2)9-14(10-17-16)18(3)11-12-4-5-15-13(8-12)6-7-19-15/h4-5,8,14,17H,6-7,9-11H2,1-3H3. The summed E-state index contributed by atoms with van der Waals surface area (Å²) in [6.45, 7) is 7.53. The molecule has 1 N–H and O–H groups in total. The predicted molar refractivity (Wildman–Crippen MR) is 77.6 cm³/mol. The third-order valence-corrected chi connectivity index (χ3v) is 4.37. The lowest BCUT2D eigenvalue weighted by atomic mass is 10.0. The minimum absolute atomic E-state index is 0.282. The normalized spacial score (nSPS) is 24.5. The third-order valence-electron chi connectivity index (χ3n) is 4.37. The molecule has 3 rings (SSSR count). The topological polar surface area (TPSA) is 24.5 Å². The molecule has 2 aliphatic heterocycles. The van der Waals surface area contributed by atoms with E-state index in [0.29, 0.717) is 6.04 Å². The van der Waals surface area contributed by atoms with E-state index in [1.165, 1.54) is 17.5 Å². The van der Waals surface area contributed by atoms with Crippen molar-refractivity contribution in [1.82, 2.24) is 10.2 Å². The Hall–Kier alpha value is -1.06. The van der Waals surface area contributed by atoms with Crippen LogP contribution in [0.5, 0.6) is 5.75 Å². The molecule has 0 amide bonds. The molecule has 1 saturated heterocycles. The molecule has 2 aliphatic rings. The fraction of sp³-hybridized carbons (Fsp3) is 0.625. The van der Waals surface area contributed by atoms with E-state index >= 15 is 0 Å². The summed E-state index contributed by atoms with van der Waals surface area (Å²) < 4.78 is 5.56. The van der Waals surface area contributed by atoms with Crippen LogP contribution in [0.2, 0.25) is 0 Å². The average molecular weight is 260 g/mol. The van der Waals surface area contributed by atoms with Gasteiger partial charge in [0, 0.05) is 31.1 Å². The number of ether oxygens (including phenoxy) is 1. The number of likely N-dealkylation sites (N-methyl/N-ethyl adjacent to an activating group) is 1. The molecule has 1 fully saturated rings. The maximum absolute atomic E-state index is 5.56. The van der Waals surface area contributed by atoms with Crippen LogP contribution < -0.4 is 10.1 Å². The van der Waals surface area contributed by atoms with Crippen LogP contribution in [0.1, 0.15) is 31.4 Å². The summed E-state index contributed by atoms with van der Waals surface area (Å²) in [6, 6.07) is 7.28. The molecule has 19 heavy (non-hydrogen) atoms. The van der Waals surface area contributed by atoms with Crippen molar-refractivity contribution in [3.8, 4) is 5.75 Å². The van der Waals surface area contributed by atoms with Gasteiger partial charge in [0.1, 0.15) is 5.75 Å². The SMILES string of the molecule is CN(Cc1ccc2c(c1)CCO2)C1CNC(C)(C)C1. The number of nitrogens with zero attached hydrogens (tertiary/aromatic N) is 1. The smallest absolute Gasteiger partial charge is 0.122 e. The molecule has 3 nitrogen and oxygen atoms in total. The summed E-state index contributed by atoms with van der Waals surface area (Å²) in [6.07, 6.45) is 2.28. The first-order valence-electron chi connectivity index (χ1n) is 7.23. The zero-order chi connectivity index (χ0) is 13.5. The Labute approximate surface area is 115 Å². The molecule has 1 atom stereocenters.